The molecule has 2 heterocycles. The number of nitrogens with zero attached hydrogens (tertiary/aromatic N) is 3. The van der Waals surface area contributed by atoms with Crippen LogP contribution in [0.4, 0.5) is 13.2 Å². The van der Waals surface area contributed by atoms with Crippen LogP contribution in [0.1, 0.15) is 42.1 Å². The number of benzene rings is 2. The molecule has 12 heteroatoms. The molecule has 0 radical (unpaired) electrons. The third kappa shape index (κ3) is 4.65. The van der Waals surface area contributed by atoms with Crippen LogP contribution in [0.5, 0.6) is 5.75 Å². The molecule has 1 amide bonds. The van der Waals surface area contributed by atoms with Crippen molar-refractivity contribution in [2.24, 2.45) is 0 Å². The van der Waals surface area contributed by atoms with E-state index in [2.05, 4.69) is 10.3 Å². The highest BCUT2D eigenvalue weighted by Gasteiger charge is 2.28. The normalized spacial score (nSPS) is 17.5. The summed E-state index contributed by atoms with van der Waals surface area (Å²) in [4.78, 5) is 43.4. The zero-order valence-electron chi connectivity index (χ0n) is 19.6. The predicted molar refractivity (Wildman–Crippen MR) is 133 cm³/mol. The molecule has 2 N–H and O–H groups in total. The van der Waals surface area contributed by atoms with Crippen LogP contribution in [-0.2, 0) is 0 Å². The number of aromatic nitrogens is 3. The molecule has 1 saturated carbocycles. The van der Waals surface area contributed by atoms with Gasteiger partial charge in [0.2, 0.25) is 0 Å². The van der Waals surface area contributed by atoms with E-state index >= 15 is 0 Å². The van der Waals surface area contributed by atoms with Crippen molar-refractivity contribution < 1.29 is 23.1 Å². The fourth-order valence-electron chi connectivity index (χ4n) is 4.79. The highest BCUT2D eigenvalue weighted by molar-refractivity contribution is 6.31. The molecule has 196 valence electrons. The first-order valence-corrected chi connectivity index (χ1v) is 12.1. The van der Waals surface area contributed by atoms with E-state index in [4.69, 9.17) is 11.6 Å². The minimum atomic E-state index is -1.20. The Balaban J connectivity index is 1.47. The molecule has 1 aliphatic carbocycles. The van der Waals surface area contributed by atoms with Gasteiger partial charge < -0.3 is 10.4 Å². The molecule has 0 unspecified atom stereocenters. The Bertz CT molecular complexity index is 1700. The Morgan fingerprint density at radius 3 is 2.45 bits per heavy atom. The average molecular weight is 545 g/mol. The molecule has 0 aliphatic heterocycles. The van der Waals surface area contributed by atoms with Gasteiger partial charge in [-0.25, -0.2) is 27.5 Å². The number of pyridine rings is 1. The van der Waals surface area contributed by atoms with E-state index in [0.29, 0.717) is 25.7 Å². The second kappa shape index (κ2) is 9.97. The van der Waals surface area contributed by atoms with Crippen molar-refractivity contribution in [1.29, 1.82) is 0 Å². The lowest BCUT2D eigenvalue weighted by Crippen LogP contribution is -2.45. The molecule has 1 aliphatic rings. The first-order chi connectivity index (χ1) is 18.1. The van der Waals surface area contributed by atoms with Crippen LogP contribution in [0.25, 0.3) is 16.7 Å². The monoisotopic (exact) mass is 544 g/mol. The third-order valence-corrected chi connectivity index (χ3v) is 6.89. The van der Waals surface area contributed by atoms with Gasteiger partial charge >= 0.3 is 5.69 Å². The summed E-state index contributed by atoms with van der Waals surface area (Å²) >= 11 is 5.92. The lowest BCUT2D eigenvalue weighted by atomic mass is 9.90. The molecular weight excluding hydrogens is 525 g/mol. The minimum absolute atomic E-state index is 0.0225. The van der Waals surface area contributed by atoms with Crippen molar-refractivity contribution in [3.63, 3.8) is 0 Å². The zero-order chi connectivity index (χ0) is 27.1. The number of aromatic hydroxyl groups is 1. The molecule has 0 bridgehead atoms. The fraction of sp³-hybridized carbons (Fsp3) is 0.231. The molecule has 0 spiro atoms. The summed E-state index contributed by atoms with van der Waals surface area (Å²) in [6.07, 6.45) is 2.25. The van der Waals surface area contributed by atoms with Crippen molar-refractivity contribution >= 4 is 28.5 Å². The van der Waals surface area contributed by atoms with Crippen LogP contribution in [0.2, 0.25) is 5.02 Å². The van der Waals surface area contributed by atoms with Crippen LogP contribution in [0.15, 0.2) is 58.3 Å². The van der Waals surface area contributed by atoms with E-state index in [1.54, 1.807) is 0 Å². The molecule has 2 aromatic heterocycles. The topological polar surface area (TPSA) is 106 Å². The number of hydrogen-bond donors (Lipinski definition) is 2. The van der Waals surface area contributed by atoms with Gasteiger partial charge in [0.15, 0.2) is 17.3 Å². The number of carbonyl (C=O) groups is 1. The molecule has 1 fully saturated rings. The van der Waals surface area contributed by atoms with Gasteiger partial charge in [0.25, 0.3) is 11.5 Å². The van der Waals surface area contributed by atoms with Crippen LogP contribution < -0.4 is 16.6 Å². The number of nitrogens with one attached hydrogen (secondary N) is 1. The Labute approximate surface area is 217 Å². The van der Waals surface area contributed by atoms with Crippen molar-refractivity contribution in [2.45, 2.75) is 37.8 Å². The van der Waals surface area contributed by atoms with Crippen LogP contribution in [-0.4, -0.2) is 31.2 Å². The van der Waals surface area contributed by atoms with E-state index in [1.165, 1.54) is 18.2 Å². The van der Waals surface area contributed by atoms with Gasteiger partial charge in [0.05, 0.1) is 22.8 Å². The van der Waals surface area contributed by atoms with Crippen molar-refractivity contribution in [3.8, 4) is 11.4 Å². The van der Waals surface area contributed by atoms with Gasteiger partial charge in [-0.05, 0) is 62.1 Å². The smallest absolute Gasteiger partial charge is 0.337 e. The maximum absolute atomic E-state index is 14.0. The number of halogens is 4. The molecule has 38 heavy (non-hydrogen) atoms. The second-order valence-corrected chi connectivity index (χ2v) is 9.49. The maximum atomic E-state index is 14.0. The molecule has 0 atom stereocenters. The molecular formula is C26H20ClF3N4O4. The number of fused-ring (bicyclic) bond motifs is 1. The SMILES string of the molecule is O=C(N[C@H]1CC[C@@H](n2c(=O)c3cc(F)cnc3n(-c3ccc(F)c(F)c3)c2=O)CC1)c1cc(Cl)ccc1O. The van der Waals surface area contributed by atoms with E-state index in [1.807, 2.05) is 0 Å². The lowest BCUT2D eigenvalue weighted by Gasteiger charge is -2.30. The fourth-order valence-corrected chi connectivity index (χ4v) is 4.97. The summed E-state index contributed by atoms with van der Waals surface area (Å²) < 4.78 is 43.5. The number of carbonyl (C=O) groups excluding carboxylic acids is 1. The van der Waals surface area contributed by atoms with Gasteiger partial charge in [-0.3, -0.25) is 14.2 Å². The summed E-state index contributed by atoms with van der Waals surface area (Å²) in [5.74, 6) is -3.86. The Morgan fingerprint density at radius 1 is 1.00 bits per heavy atom. The molecule has 8 nitrogen and oxygen atoms in total. The van der Waals surface area contributed by atoms with Gasteiger partial charge in [0, 0.05) is 23.2 Å². The molecule has 2 aromatic carbocycles. The Kier molecular flexibility index (Phi) is 6.70. The van der Waals surface area contributed by atoms with Crippen molar-refractivity contribution in [1.82, 2.24) is 19.4 Å². The Hall–Kier alpha value is -4.12. The van der Waals surface area contributed by atoms with E-state index in [9.17, 15) is 32.7 Å². The Morgan fingerprint density at radius 2 is 1.74 bits per heavy atom. The van der Waals surface area contributed by atoms with E-state index < -0.39 is 40.6 Å². The number of hydrogen-bond acceptors (Lipinski definition) is 5. The average Bonchev–Trinajstić information content (AvgIpc) is 2.89. The standard InChI is InChI=1S/C26H20ClF3N4O4/c27-13-1-8-22(35)18(9-13)24(36)32-15-2-4-16(5-3-15)34-25(37)19-10-14(28)12-31-23(19)33(26(34)38)17-6-7-20(29)21(30)11-17/h1,6-12,15-16,35H,2-5H2,(H,32,36)/t15-,16+. The summed E-state index contributed by atoms with van der Waals surface area (Å²) in [5.41, 5.74) is -1.83. The lowest BCUT2D eigenvalue weighted by molar-refractivity contribution is 0.0919. The maximum Gasteiger partial charge on any atom is 0.337 e. The number of phenols is 1. The van der Waals surface area contributed by atoms with Crippen LogP contribution in [0, 0.1) is 17.5 Å². The van der Waals surface area contributed by atoms with Crippen molar-refractivity contribution in [2.75, 3.05) is 0 Å². The van der Waals surface area contributed by atoms with Crippen LogP contribution >= 0.6 is 11.6 Å². The van der Waals surface area contributed by atoms with Gasteiger partial charge in [-0.2, -0.15) is 0 Å². The largest absolute Gasteiger partial charge is 0.507 e. The first kappa shape index (κ1) is 25.5. The first-order valence-electron chi connectivity index (χ1n) is 11.7. The molecule has 5 rings (SSSR count). The second-order valence-electron chi connectivity index (χ2n) is 9.06. The molecule has 0 saturated heterocycles. The summed E-state index contributed by atoms with van der Waals surface area (Å²) in [5, 5.41) is 12.9. The summed E-state index contributed by atoms with van der Waals surface area (Å²) in [7, 11) is 0. The quantitative estimate of drug-likeness (QED) is 0.400. The zero-order valence-corrected chi connectivity index (χ0v) is 20.4. The van der Waals surface area contributed by atoms with Crippen LogP contribution in [0.3, 0.4) is 0 Å². The highest BCUT2D eigenvalue weighted by Crippen LogP contribution is 2.29. The predicted octanol–water partition coefficient (Wildman–Crippen LogP) is 4.24. The van der Waals surface area contributed by atoms with Crippen molar-refractivity contribution in [3.05, 3.63) is 97.5 Å². The van der Waals surface area contributed by atoms with Gasteiger partial charge in [-0.1, -0.05) is 11.6 Å². The van der Waals surface area contributed by atoms with Gasteiger partial charge in [-0.15, -0.1) is 0 Å². The van der Waals surface area contributed by atoms with E-state index in [0.717, 1.165) is 39.6 Å². The number of phenolic OH excluding ortho intramolecular Hbond substituents is 1. The summed E-state index contributed by atoms with van der Waals surface area (Å²) in [6, 6.07) is 6.95. The number of rotatable bonds is 4. The third-order valence-electron chi connectivity index (χ3n) is 6.65. The van der Waals surface area contributed by atoms with E-state index in [-0.39, 0.29) is 39.1 Å². The highest BCUT2D eigenvalue weighted by atomic mass is 35.5. The number of amides is 1. The van der Waals surface area contributed by atoms with Gasteiger partial charge in [0.1, 0.15) is 11.6 Å². The molecule has 4 aromatic rings. The summed E-state index contributed by atoms with van der Waals surface area (Å²) in [6.45, 7) is 0. The minimum Gasteiger partial charge on any atom is -0.507 e.